The minimum Gasteiger partial charge on any atom is -0.299 e. The van der Waals surface area contributed by atoms with Gasteiger partial charge in [-0.05, 0) is 48.7 Å². The molecule has 0 amide bonds. The molecule has 4 atom stereocenters. The van der Waals surface area contributed by atoms with Crippen molar-refractivity contribution >= 4 is 17.3 Å². The number of fused-ring (bicyclic) bond motifs is 2. The van der Waals surface area contributed by atoms with Gasteiger partial charge in [-0.1, -0.05) is 32.9 Å². The fourth-order valence-corrected chi connectivity index (χ4v) is 4.95. The van der Waals surface area contributed by atoms with Crippen molar-refractivity contribution in [2.75, 3.05) is 0 Å². The molecule has 0 bridgehead atoms. The van der Waals surface area contributed by atoms with Crippen LogP contribution in [-0.4, -0.2) is 17.3 Å². The summed E-state index contributed by atoms with van der Waals surface area (Å²) in [7, 11) is 0. The molecule has 0 N–H and O–H groups in total. The first-order chi connectivity index (χ1) is 10.6. The van der Waals surface area contributed by atoms with E-state index in [9.17, 15) is 14.4 Å². The highest BCUT2D eigenvalue weighted by molar-refractivity contribution is 6.12. The maximum absolute atomic E-state index is 13.4. The molecule has 0 heterocycles. The van der Waals surface area contributed by atoms with Crippen molar-refractivity contribution < 1.29 is 14.4 Å². The highest BCUT2D eigenvalue weighted by Crippen LogP contribution is 2.56. The molecule has 3 aliphatic carbocycles. The standard InChI is InChI=1S/C20H26O3/c1-11-6-13-8-12(2)15(21)9-16-19(3,4)10-17(22)20(16,5)18(23)14(13)7-11/h6,8,11,14,16H,7,9-10H2,1-5H3/b12-8-/t11-,14-,16+,20-/m0/s1. The van der Waals surface area contributed by atoms with Gasteiger partial charge >= 0.3 is 0 Å². The van der Waals surface area contributed by atoms with E-state index >= 15 is 0 Å². The Hall–Kier alpha value is -1.51. The predicted octanol–water partition coefficient (Wildman–Crippen LogP) is 3.68. The summed E-state index contributed by atoms with van der Waals surface area (Å²) in [6.07, 6.45) is 5.40. The molecular formula is C20H26O3. The van der Waals surface area contributed by atoms with Gasteiger partial charge in [-0.2, -0.15) is 0 Å². The Morgan fingerprint density at radius 3 is 2.43 bits per heavy atom. The van der Waals surface area contributed by atoms with Crippen LogP contribution in [0.2, 0.25) is 0 Å². The van der Waals surface area contributed by atoms with Crippen LogP contribution in [-0.2, 0) is 14.4 Å². The average molecular weight is 314 g/mol. The van der Waals surface area contributed by atoms with Gasteiger partial charge in [-0.25, -0.2) is 0 Å². The molecule has 0 aromatic rings. The Kier molecular flexibility index (Phi) is 3.55. The minimum absolute atomic E-state index is 0.0174. The summed E-state index contributed by atoms with van der Waals surface area (Å²) >= 11 is 0. The molecule has 0 radical (unpaired) electrons. The lowest BCUT2D eigenvalue weighted by Crippen LogP contribution is -2.44. The molecule has 3 aliphatic rings. The molecule has 124 valence electrons. The number of carbonyl (C=O) groups is 3. The van der Waals surface area contributed by atoms with Gasteiger partial charge in [-0.3, -0.25) is 14.4 Å². The van der Waals surface area contributed by atoms with Crippen molar-refractivity contribution in [1.29, 1.82) is 0 Å². The number of carbonyl (C=O) groups excluding carboxylic acids is 3. The number of Topliss-reactive ketones (excluding diaryl/α,β-unsaturated/α-hetero) is 3. The third kappa shape index (κ3) is 2.28. The number of rotatable bonds is 0. The van der Waals surface area contributed by atoms with Crippen LogP contribution >= 0.6 is 0 Å². The van der Waals surface area contributed by atoms with Crippen LogP contribution in [0.1, 0.15) is 53.9 Å². The third-order valence-electron chi connectivity index (χ3n) is 6.36. The maximum Gasteiger partial charge on any atom is 0.158 e. The smallest absolute Gasteiger partial charge is 0.158 e. The van der Waals surface area contributed by atoms with Crippen molar-refractivity contribution in [3.63, 3.8) is 0 Å². The Bertz CT molecular complexity index is 664. The Morgan fingerprint density at radius 2 is 1.78 bits per heavy atom. The van der Waals surface area contributed by atoms with Crippen LogP contribution in [0.4, 0.5) is 0 Å². The molecule has 1 fully saturated rings. The number of allylic oxidation sites excluding steroid dienone is 4. The van der Waals surface area contributed by atoms with Gasteiger partial charge in [0.2, 0.25) is 0 Å². The quantitative estimate of drug-likeness (QED) is 0.641. The molecule has 0 unspecified atom stereocenters. The van der Waals surface area contributed by atoms with Crippen molar-refractivity contribution in [1.82, 2.24) is 0 Å². The van der Waals surface area contributed by atoms with Gasteiger partial charge in [0, 0.05) is 18.8 Å². The van der Waals surface area contributed by atoms with E-state index in [1.807, 2.05) is 26.8 Å². The molecule has 3 rings (SSSR count). The zero-order valence-electron chi connectivity index (χ0n) is 14.7. The van der Waals surface area contributed by atoms with Crippen LogP contribution < -0.4 is 0 Å². The second-order valence-corrected chi connectivity index (χ2v) is 8.59. The van der Waals surface area contributed by atoms with Gasteiger partial charge in [-0.15, -0.1) is 0 Å². The highest BCUT2D eigenvalue weighted by atomic mass is 16.2. The summed E-state index contributed by atoms with van der Waals surface area (Å²) in [6.45, 7) is 9.76. The fraction of sp³-hybridized carbons (Fsp3) is 0.650. The average Bonchev–Trinajstić information content (AvgIpc) is 2.88. The first-order valence-corrected chi connectivity index (χ1v) is 8.58. The van der Waals surface area contributed by atoms with E-state index in [2.05, 4.69) is 13.0 Å². The van der Waals surface area contributed by atoms with Crippen molar-refractivity contribution in [2.24, 2.45) is 28.6 Å². The Morgan fingerprint density at radius 1 is 1.13 bits per heavy atom. The summed E-state index contributed by atoms with van der Waals surface area (Å²) in [5.74, 6) is -0.0181. The maximum atomic E-state index is 13.4. The molecular weight excluding hydrogens is 288 g/mol. The minimum atomic E-state index is -1.02. The van der Waals surface area contributed by atoms with Gasteiger partial charge in [0.05, 0.1) is 5.41 Å². The number of hydrogen-bond donors (Lipinski definition) is 0. The summed E-state index contributed by atoms with van der Waals surface area (Å²) < 4.78 is 0. The molecule has 3 nitrogen and oxygen atoms in total. The van der Waals surface area contributed by atoms with Crippen LogP contribution in [0, 0.1) is 28.6 Å². The zero-order chi connectivity index (χ0) is 17.2. The van der Waals surface area contributed by atoms with Crippen molar-refractivity contribution in [3.8, 4) is 0 Å². The summed E-state index contributed by atoms with van der Waals surface area (Å²) in [5, 5.41) is 0. The molecule has 0 aliphatic heterocycles. The molecule has 0 aromatic carbocycles. The van der Waals surface area contributed by atoms with E-state index in [1.54, 1.807) is 6.92 Å². The molecule has 0 aromatic heterocycles. The summed E-state index contributed by atoms with van der Waals surface area (Å²) in [5.41, 5.74) is 0.316. The van der Waals surface area contributed by atoms with E-state index in [0.29, 0.717) is 24.3 Å². The van der Waals surface area contributed by atoms with Crippen molar-refractivity contribution in [2.45, 2.75) is 53.9 Å². The molecule has 0 spiro atoms. The first-order valence-electron chi connectivity index (χ1n) is 8.58. The second kappa shape index (κ2) is 4.99. The zero-order valence-corrected chi connectivity index (χ0v) is 14.7. The fourth-order valence-electron chi connectivity index (χ4n) is 4.95. The highest BCUT2D eigenvalue weighted by Gasteiger charge is 2.61. The molecule has 0 saturated heterocycles. The Labute approximate surface area is 138 Å². The predicted molar refractivity (Wildman–Crippen MR) is 88.7 cm³/mol. The number of hydrogen-bond acceptors (Lipinski definition) is 3. The normalized spacial score (nSPS) is 42.1. The third-order valence-corrected chi connectivity index (χ3v) is 6.36. The van der Waals surface area contributed by atoms with Gasteiger partial charge in [0.1, 0.15) is 5.78 Å². The largest absolute Gasteiger partial charge is 0.299 e. The van der Waals surface area contributed by atoms with Crippen LogP contribution in [0.5, 0.6) is 0 Å². The molecule has 3 heteroatoms. The topological polar surface area (TPSA) is 51.2 Å². The summed E-state index contributed by atoms with van der Waals surface area (Å²) in [4.78, 5) is 38.9. The monoisotopic (exact) mass is 314 g/mol. The van der Waals surface area contributed by atoms with Gasteiger partial charge in [0.25, 0.3) is 0 Å². The SMILES string of the molecule is C/C1=C/C2=C[C@H](C)C[C@@H]2C(=O)[C@]2(C)C(=O)CC(C)(C)[C@H]2CC1=O. The van der Waals surface area contributed by atoms with Crippen LogP contribution in [0.15, 0.2) is 23.3 Å². The van der Waals surface area contributed by atoms with Gasteiger partial charge in [0.15, 0.2) is 11.6 Å². The van der Waals surface area contributed by atoms with Gasteiger partial charge < -0.3 is 0 Å². The van der Waals surface area contributed by atoms with Crippen LogP contribution in [0.3, 0.4) is 0 Å². The van der Waals surface area contributed by atoms with E-state index in [-0.39, 0.29) is 34.6 Å². The first kappa shape index (κ1) is 16.4. The Balaban J connectivity index is 2.17. The van der Waals surface area contributed by atoms with Crippen molar-refractivity contribution in [3.05, 3.63) is 23.3 Å². The lowest BCUT2D eigenvalue weighted by Gasteiger charge is -2.36. The summed E-state index contributed by atoms with van der Waals surface area (Å²) in [6, 6.07) is 0. The lowest BCUT2D eigenvalue weighted by atomic mass is 9.64. The van der Waals surface area contributed by atoms with E-state index in [0.717, 1.165) is 12.0 Å². The van der Waals surface area contributed by atoms with E-state index in [4.69, 9.17) is 0 Å². The van der Waals surface area contributed by atoms with Crippen LogP contribution in [0.25, 0.3) is 0 Å². The molecule has 1 saturated carbocycles. The van der Waals surface area contributed by atoms with E-state index < -0.39 is 5.41 Å². The number of ketones is 3. The second-order valence-electron chi connectivity index (χ2n) is 8.59. The molecule has 23 heavy (non-hydrogen) atoms. The lowest BCUT2D eigenvalue weighted by molar-refractivity contribution is -0.142. The van der Waals surface area contributed by atoms with E-state index in [1.165, 1.54) is 0 Å².